The molecule has 2 saturated heterocycles. The Bertz CT molecular complexity index is 1060. The first-order valence-electron chi connectivity index (χ1n) is 12.4. The maximum absolute atomic E-state index is 13.5. The third-order valence-electron chi connectivity index (χ3n) is 10.2. The minimum absolute atomic E-state index is 0.235. The number of aliphatic hydroxyl groups is 5. The Balaban J connectivity index is 1.41. The van der Waals surface area contributed by atoms with Crippen molar-refractivity contribution in [3.63, 3.8) is 0 Å². The number of aliphatic carboxylic acids is 1. The molecule has 0 aromatic carbocycles. The molecule has 4 aliphatic carbocycles. The summed E-state index contributed by atoms with van der Waals surface area (Å²) in [7, 11) is 0. The minimum atomic E-state index is -1.68. The number of hydrogen-bond donors (Lipinski definition) is 6. The zero-order valence-corrected chi connectivity index (χ0v) is 19.8. The molecule has 6 aliphatic rings. The van der Waals surface area contributed by atoms with E-state index in [4.69, 9.17) is 14.2 Å². The number of rotatable bonds is 4. The number of aliphatic hydroxyl groups excluding tert-OH is 4. The third kappa shape index (κ3) is 2.67. The van der Waals surface area contributed by atoms with Crippen LogP contribution in [0.1, 0.15) is 32.6 Å². The van der Waals surface area contributed by atoms with E-state index in [9.17, 15) is 40.2 Å². The van der Waals surface area contributed by atoms with Crippen molar-refractivity contribution in [2.75, 3.05) is 6.61 Å². The number of carbonyl (C=O) groups is 2. The smallest absolute Gasteiger partial charge is 0.316 e. The summed E-state index contributed by atoms with van der Waals surface area (Å²) < 4.78 is 17.6. The summed E-state index contributed by atoms with van der Waals surface area (Å²) in [4.78, 5) is 26.4. The van der Waals surface area contributed by atoms with Gasteiger partial charge in [0.05, 0.1) is 24.2 Å². The van der Waals surface area contributed by atoms with Crippen LogP contribution < -0.4 is 0 Å². The number of carboxylic acid groups (broad SMARTS) is 1. The Labute approximate surface area is 207 Å². The van der Waals surface area contributed by atoms with E-state index in [1.807, 2.05) is 0 Å². The van der Waals surface area contributed by atoms with Crippen molar-refractivity contribution in [1.29, 1.82) is 0 Å². The molecule has 2 heterocycles. The van der Waals surface area contributed by atoms with Gasteiger partial charge in [0.15, 0.2) is 6.29 Å². The van der Waals surface area contributed by atoms with Crippen molar-refractivity contribution in [1.82, 2.24) is 0 Å². The predicted molar refractivity (Wildman–Crippen MR) is 118 cm³/mol. The first-order chi connectivity index (χ1) is 16.9. The minimum Gasteiger partial charge on any atom is -0.481 e. The molecule has 0 aromatic rings. The molecule has 4 bridgehead atoms. The van der Waals surface area contributed by atoms with Gasteiger partial charge in [0.25, 0.3) is 0 Å². The lowest BCUT2D eigenvalue weighted by Crippen LogP contribution is -2.61. The highest BCUT2D eigenvalue weighted by Gasteiger charge is 2.83. The molecular weight excluding hydrogens is 476 g/mol. The molecule has 3 saturated carbocycles. The molecular formula is C25H32O11. The van der Waals surface area contributed by atoms with Gasteiger partial charge in [0, 0.05) is 11.8 Å². The van der Waals surface area contributed by atoms with E-state index in [-0.39, 0.29) is 12.3 Å². The number of carbonyl (C=O) groups excluding carboxylic acids is 1. The van der Waals surface area contributed by atoms with Gasteiger partial charge < -0.3 is 44.8 Å². The first kappa shape index (κ1) is 24.5. The zero-order chi connectivity index (χ0) is 26.0. The summed E-state index contributed by atoms with van der Waals surface area (Å²) in [6, 6.07) is 0. The maximum atomic E-state index is 13.5. The predicted octanol–water partition coefficient (Wildman–Crippen LogP) is -1.15. The van der Waals surface area contributed by atoms with Crippen molar-refractivity contribution < 1.29 is 54.4 Å². The number of fused-ring (bicyclic) bond motifs is 1. The van der Waals surface area contributed by atoms with Crippen LogP contribution in [0.5, 0.6) is 0 Å². The molecule has 11 nitrogen and oxygen atoms in total. The highest BCUT2D eigenvalue weighted by atomic mass is 16.7. The summed E-state index contributed by atoms with van der Waals surface area (Å²) in [5.74, 6) is -3.90. The van der Waals surface area contributed by atoms with E-state index in [0.29, 0.717) is 24.8 Å². The van der Waals surface area contributed by atoms with Gasteiger partial charge in [0.2, 0.25) is 0 Å². The third-order valence-corrected chi connectivity index (χ3v) is 10.2. The van der Waals surface area contributed by atoms with Gasteiger partial charge in [0.1, 0.15) is 35.4 Å². The first-order valence-corrected chi connectivity index (χ1v) is 12.4. The lowest BCUT2D eigenvalue weighted by Gasteiger charge is -2.45. The van der Waals surface area contributed by atoms with Crippen molar-refractivity contribution >= 4 is 11.9 Å². The molecule has 0 amide bonds. The number of carboxylic acids is 1. The fourth-order valence-corrected chi connectivity index (χ4v) is 8.63. The Hall–Kier alpha value is -1.86. The van der Waals surface area contributed by atoms with E-state index in [1.165, 1.54) is 0 Å². The van der Waals surface area contributed by atoms with E-state index in [0.717, 1.165) is 0 Å². The van der Waals surface area contributed by atoms with Gasteiger partial charge in [-0.1, -0.05) is 12.7 Å². The zero-order valence-electron chi connectivity index (χ0n) is 19.8. The van der Waals surface area contributed by atoms with Crippen LogP contribution in [-0.4, -0.2) is 97.2 Å². The summed E-state index contributed by atoms with van der Waals surface area (Å²) >= 11 is 0. The fourth-order valence-electron chi connectivity index (χ4n) is 8.63. The Morgan fingerprint density at radius 2 is 1.97 bits per heavy atom. The van der Waals surface area contributed by atoms with Crippen LogP contribution in [0.4, 0.5) is 0 Å². The molecule has 36 heavy (non-hydrogen) atoms. The van der Waals surface area contributed by atoms with Gasteiger partial charge in [-0.2, -0.15) is 0 Å². The molecule has 0 aromatic heterocycles. The monoisotopic (exact) mass is 508 g/mol. The Morgan fingerprint density at radius 1 is 1.25 bits per heavy atom. The van der Waals surface area contributed by atoms with Crippen LogP contribution in [0.2, 0.25) is 0 Å². The SMILES string of the molecule is C=C1C[C@]23C[C@@]1(O)CC[C@H]2[C@@]12C=C[C@H](O[C@@H]4O[C@H](CO)[C@@H](O)[C@H](O)[C@H]4O)[C@](C)(C(=O)O1)[C@H]2[C@@H]3C(=O)O. The topological polar surface area (TPSA) is 183 Å². The molecule has 5 fully saturated rings. The summed E-state index contributed by atoms with van der Waals surface area (Å²) in [5.41, 5.74) is -4.04. The Kier molecular flexibility index (Phi) is 5.01. The van der Waals surface area contributed by atoms with Crippen molar-refractivity contribution in [3.05, 3.63) is 24.3 Å². The number of ether oxygens (including phenoxy) is 3. The molecule has 0 radical (unpaired) electrons. The highest BCUT2D eigenvalue weighted by molar-refractivity contribution is 5.86. The average molecular weight is 509 g/mol. The van der Waals surface area contributed by atoms with Gasteiger partial charge >= 0.3 is 11.9 Å². The average Bonchev–Trinajstić information content (AvgIpc) is 3.24. The molecule has 13 atom stereocenters. The van der Waals surface area contributed by atoms with E-state index >= 15 is 0 Å². The molecule has 6 N–H and O–H groups in total. The van der Waals surface area contributed by atoms with Gasteiger partial charge in [-0.25, -0.2) is 0 Å². The van der Waals surface area contributed by atoms with Gasteiger partial charge in [-0.3, -0.25) is 9.59 Å². The van der Waals surface area contributed by atoms with Crippen LogP contribution in [0.25, 0.3) is 0 Å². The number of esters is 1. The largest absolute Gasteiger partial charge is 0.481 e. The van der Waals surface area contributed by atoms with Crippen LogP contribution >= 0.6 is 0 Å². The van der Waals surface area contributed by atoms with Crippen LogP contribution in [0.15, 0.2) is 24.3 Å². The van der Waals surface area contributed by atoms with E-state index < -0.39 is 89.2 Å². The van der Waals surface area contributed by atoms with Crippen molar-refractivity contribution in [2.45, 2.75) is 80.6 Å². The van der Waals surface area contributed by atoms with Crippen molar-refractivity contribution in [2.24, 2.45) is 28.6 Å². The summed E-state index contributed by atoms with van der Waals surface area (Å²) in [6.07, 6.45) is -3.97. The maximum Gasteiger partial charge on any atom is 0.316 e. The van der Waals surface area contributed by atoms with Gasteiger partial charge in [-0.05, 0) is 49.7 Å². The summed E-state index contributed by atoms with van der Waals surface area (Å²) in [5, 5.41) is 62.0. The Morgan fingerprint density at radius 3 is 2.64 bits per heavy atom. The fraction of sp³-hybridized carbons (Fsp3) is 0.760. The lowest BCUT2D eigenvalue weighted by molar-refractivity contribution is -0.315. The lowest BCUT2D eigenvalue weighted by atomic mass is 9.61. The summed E-state index contributed by atoms with van der Waals surface area (Å²) in [6.45, 7) is 4.99. The van der Waals surface area contributed by atoms with Crippen LogP contribution in [-0.2, 0) is 23.8 Å². The van der Waals surface area contributed by atoms with Crippen molar-refractivity contribution in [3.8, 4) is 0 Å². The van der Waals surface area contributed by atoms with E-state index in [2.05, 4.69) is 6.58 Å². The molecule has 6 rings (SSSR count). The molecule has 2 aliphatic heterocycles. The molecule has 198 valence electrons. The number of hydrogen-bond acceptors (Lipinski definition) is 10. The molecule has 0 unspecified atom stereocenters. The quantitative estimate of drug-likeness (QED) is 0.199. The van der Waals surface area contributed by atoms with Crippen LogP contribution in [0, 0.1) is 28.6 Å². The second kappa shape index (κ2) is 7.37. The second-order valence-electron chi connectivity index (χ2n) is 11.7. The second-order valence-corrected chi connectivity index (χ2v) is 11.7. The normalized spacial score (nSPS) is 56.9. The van der Waals surface area contributed by atoms with E-state index in [1.54, 1.807) is 19.1 Å². The highest BCUT2D eigenvalue weighted by Crippen LogP contribution is 2.77. The van der Waals surface area contributed by atoms with Gasteiger partial charge in [-0.15, -0.1) is 0 Å². The standard InChI is InChI=1S/C25H32O11/c1-10-7-23-9-24(10,33)5-3-12(23)25-6-4-13(22(2,21(32)36-25)18(25)14(23)19(30)31)35-20-17(29)16(28)15(27)11(8-26)34-20/h4,6,11-18,20,26-29,33H,1,3,5,7-9H2,2H3,(H,30,31)/t11-,12-,13+,14-,15-,16+,17-,18-,20+,22+,23+,24+,25-/m1/s1. The molecule has 1 spiro atoms. The van der Waals surface area contributed by atoms with Crippen LogP contribution in [0.3, 0.4) is 0 Å². The molecule has 11 heteroatoms.